The van der Waals surface area contributed by atoms with Crippen molar-refractivity contribution in [2.24, 2.45) is 0 Å². The van der Waals surface area contributed by atoms with Crippen molar-refractivity contribution >= 4 is 33.2 Å². The standard InChI is InChI=1S/C10H10ClNS/c1-7-3-2-4-8-10(7)13-9(12-8)5-6-11/h2-4H,5-6H2,1H3. The number of nitrogens with zero attached hydrogens (tertiary/aromatic N) is 1. The maximum atomic E-state index is 5.67. The molecule has 0 N–H and O–H groups in total. The lowest BCUT2D eigenvalue weighted by molar-refractivity contribution is 1.12. The Hall–Kier alpha value is -0.600. The highest BCUT2D eigenvalue weighted by atomic mass is 35.5. The van der Waals surface area contributed by atoms with Crippen molar-refractivity contribution < 1.29 is 0 Å². The lowest BCUT2D eigenvalue weighted by atomic mass is 10.2. The fourth-order valence-corrected chi connectivity index (χ4v) is 2.64. The van der Waals surface area contributed by atoms with E-state index in [4.69, 9.17) is 11.6 Å². The summed E-state index contributed by atoms with van der Waals surface area (Å²) in [6, 6.07) is 6.21. The summed E-state index contributed by atoms with van der Waals surface area (Å²) in [6.07, 6.45) is 0.875. The number of aromatic nitrogens is 1. The smallest absolute Gasteiger partial charge is 0.0950 e. The second-order valence-electron chi connectivity index (χ2n) is 2.97. The topological polar surface area (TPSA) is 12.9 Å². The molecule has 13 heavy (non-hydrogen) atoms. The molecular weight excluding hydrogens is 202 g/mol. The van der Waals surface area contributed by atoms with Crippen molar-refractivity contribution in [3.05, 3.63) is 28.8 Å². The molecule has 0 aliphatic rings. The van der Waals surface area contributed by atoms with Crippen molar-refractivity contribution in [2.75, 3.05) is 5.88 Å². The van der Waals surface area contributed by atoms with E-state index in [1.54, 1.807) is 11.3 Å². The molecule has 68 valence electrons. The van der Waals surface area contributed by atoms with Gasteiger partial charge in [-0.25, -0.2) is 4.98 Å². The molecule has 1 heterocycles. The number of thiazole rings is 1. The van der Waals surface area contributed by atoms with Crippen LogP contribution in [0.4, 0.5) is 0 Å². The largest absolute Gasteiger partial charge is 0.241 e. The van der Waals surface area contributed by atoms with Gasteiger partial charge in [0.15, 0.2) is 0 Å². The minimum atomic E-state index is 0.652. The number of benzene rings is 1. The first-order valence-electron chi connectivity index (χ1n) is 4.22. The number of hydrogen-bond acceptors (Lipinski definition) is 2. The van der Waals surface area contributed by atoms with Crippen LogP contribution in [0.1, 0.15) is 10.6 Å². The Morgan fingerprint density at radius 3 is 3.00 bits per heavy atom. The molecule has 0 atom stereocenters. The first kappa shape index (κ1) is 8.97. The Morgan fingerprint density at radius 1 is 1.46 bits per heavy atom. The van der Waals surface area contributed by atoms with Gasteiger partial charge in [0.1, 0.15) is 0 Å². The quantitative estimate of drug-likeness (QED) is 0.694. The lowest BCUT2D eigenvalue weighted by Gasteiger charge is -1.90. The number of alkyl halides is 1. The van der Waals surface area contributed by atoms with Gasteiger partial charge in [-0.15, -0.1) is 22.9 Å². The number of halogens is 1. The van der Waals surface area contributed by atoms with Crippen molar-refractivity contribution in [3.8, 4) is 0 Å². The highest BCUT2D eigenvalue weighted by molar-refractivity contribution is 7.18. The molecule has 0 saturated carbocycles. The summed E-state index contributed by atoms with van der Waals surface area (Å²) >= 11 is 7.42. The van der Waals surface area contributed by atoms with E-state index in [-0.39, 0.29) is 0 Å². The summed E-state index contributed by atoms with van der Waals surface area (Å²) in [7, 11) is 0. The van der Waals surface area contributed by atoms with E-state index < -0.39 is 0 Å². The van der Waals surface area contributed by atoms with E-state index in [1.165, 1.54) is 10.3 Å². The van der Waals surface area contributed by atoms with E-state index in [2.05, 4.69) is 24.0 Å². The molecule has 2 aromatic rings. The second kappa shape index (κ2) is 3.64. The zero-order chi connectivity index (χ0) is 9.26. The predicted molar refractivity (Wildman–Crippen MR) is 58.8 cm³/mol. The van der Waals surface area contributed by atoms with Gasteiger partial charge in [0.2, 0.25) is 0 Å². The van der Waals surface area contributed by atoms with Crippen molar-refractivity contribution in [3.63, 3.8) is 0 Å². The maximum absolute atomic E-state index is 5.67. The van der Waals surface area contributed by atoms with Gasteiger partial charge in [-0.1, -0.05) is 12.1 Å². The third-order valence-electron chi connectivity index (χ3n) is 1.96. The number of rotatable bonds is 2. The molecule has 1 nitrogen and oxygen atoms in total. The summed E-state index contributed by atoms with van der Waals surface area (Å²) in [5.41, 5.74) is 2.40. The third kappa shape index (κ3) is 1.69. The van der Waals surface area contributed by atoms with E-state index in [9.17, 15) is 0 Å². The van der Waals surface area contributed by atoms with Crippen LogP contribution >= 0.6 is 22.9 Å². The van der Waals surface area contributed by atoms with Crippen LogP contribution < -0.4 is 0 Å². The van der Waals surface area contributed by atoms with Crippen LogP contribution in [0.2, 0.25) is 0 Å². The van der Waals surface area contributed by atoms with Gasteiger partial charge in [0, 0.05) is 12.3 Å². The van der Waals surface area contributed by atoms with Crippen LogP contribution in [-0.2, 0) is 6.42 Å². The zero-order valence-electron chi connectivity index (χ0n) is 7.38. The molecule has 0 amide bonds. The van der Waals surface area contributed by atoms with Gasteiger partial charge in [-0.2, -0.15) is 0 Å². The Kier molecular flexibility index (Phi) is 2.51. The monoisotopic (exact) mass is 211 g/mol. The molecule has 0 spiro atoms. The van der Waals surface area contributed by atoms with Crippen LogP contribution in [0.5, 0.6) is 0 Å². The van der Waals surface area contributed by atoms with Gasteiger partial charge in [-0.05, 0) is 18.6 Å². The zero-order valence-corrected chi connectivity index (χ0v) is 8.95. The first-order chi connectivity index (χ1) is 6.31. The minimum absolute atomic E-state index is 0.652. The molecule has 3 heteroatoms. The molecule has 0 bridgehead atoms. The van der Waals surface area contributed by atoms with Crippen molar-refractivity contribution in [1.29, 1.82) is 0 Å². The average molecular weight is 212 g/mol. The Labute approximate surface area is 86.4 Å². The molecular formula is C10H10ClNS. The molecule has 0 radical (unpaired) electrons. The summed E-state index contributed by atoms with van der Waals surface area (Å²) in [4.78, 5) is 4.50. The maximum Gasteiger partial charge on any atom is 0.0950 e. The molecule has 0 saturated heterocycles. The molecule has 2 rings (SSSR count). The Balaban J connectivity index is 2.55. The molecule has 1 aromatic carbocycles. The summed E-state index contributed by atoms with van der Waals surface area (Å²) in [5, 5.41) is 1.14. The predicted octanol–water partition coefficient (Wildman–Crippen LogP) is 3.39. The number of hydrogen-bond donors (Lipinski definition) is 0. The molecule has 0 aliphatic heterocycles. The van der Waals surface area contributed by atoms with E-state index >= 15 is 0 Å². The fourth-order valence-electron chi connectivity index (χ4n) is 1.32. The van der Waals surface area contributed by atoms with Gasteiger partial charge < -0.3 is 0 Å². The van der Waals surface area contributed by atoms with E-state index in [1.807, 2.05) is 6.07 Å². The normalized spacial score (nSPS) is 10.9. The summed E-state index contributed by atoms with van der Waals surface area (Å²) in [5.74, 6) is 0.652. The third-order valence-corrected chi connectivity index (χ3v) is 3.42. The van der Waals surface area contributed by atoms with E-state index in [0.717, 1.165) is 16.9 Å². The number of aryl methyl sites for hydroxylation is 2. The van der Waals surface area contributed by atoms with Crippen LogP contribution in [0.15, 0.2) is 18.2 Å². The highest BCUT2D eigenvalue weighted by Gasteiger charge is 2.04. The van der Waals surface area contributed by atoms with Gasteiger partial charge in [0.05, 0.1) is 15.2 Å². The highest BCUT2D eigenvalue weighted by Crippen LogP contribution is 2.25. The molecule has 1 aromatic heterocycles. The van der Waals surface area contributed by atoms with Crippen LogP contribution in [-0.4, -0.2) is 10.9 Å². The second-order valence-corrected chi connectivity index (χ2v) is 4.43. The fraction of sp³-hybridized carbons (Fsp3) is 0.300. The first-order valence-corrected chi connectivity index (χ1v) is 5.57. The Bertz CT molecular complexity index is 422. The van der Waals surface area contributed by atoms with Crippen LogP contribution in [0.3, 0.4) is 0 Å². The number of fused-ring (bicyclic) bond motifs is 1. The molecule has 0 unspecified atom stereocenters. The SMILES string of the molecule is Cc1cccc2nc(CCCl)sc12. The summed E-state index contributed by atoms with van der Waals surface area (Å²) in [6.45, 7) is 2.12. The van der Waals surface area contributed by atoms with Crippen molar-refractivity contribution in [1.82, 2.24) is 4.98 Å². The Morgan fingerprint density at radius 2 is 2.31 bits per heavy atom. The van der Waals surface area contributed by atoms with Crippen LogP contribution in [0, 0.1) is 6.92 Å². The van der Waals surface area contributed by atoms with E-state index in [0.29, 0.717) is 5.88 Å². The van der Waals surface area contributed by atoms with Crippen LogP contribution in [0.25, 0.3) is 10.2 Å². The summed E-state index contributed by atoms with van der Waals surface area (Å²) < 4.78 is 1.29. The van der Waals surface area contributed by atoms with Gasteiger partial charge in [-0.3, -0.25) is 0 Å². The minimum Gasteiger partial charge on any atom is -0.241 e. The van der Waals surface area contributed by atoms with Crippen molar-refractivity contribution in [2.45, 2.75) is 13.3 Å². The average Bonchev–Trinajstić information content (AvgIpc) is 2.49. The molecule has 0 fully saturated rings. The van der Waals surface area contributed by atoms with Gasteiger partial charge in [0.25, 0.3) is 0 Å². The van der Waals surface area contributed by atoms with Gasteiger partial charge >= 0.3 is 0 Å². The molecule has 0 aliphatic carbocycles. The lowest BCUT2D eigenvalue weighted by Crippen LogP contribution is -1.81.